The summed E-state index contributed by atoms with van der Waals surface area (Å²) in [5.41, 5.74) is 3.79. The minimum Gasteiger partial charge on any atom is -0.508 e. The molecule has 2 bridgehead atoms. The van der Waals surface area contributed by atoms with Gasteiger partial charge < -0.3 is 9.84 Å². The van der Waals surface area contributed by atoms with Gasteiger partial charge in [-0.15, -0.1) is 0 Å². The molecule has 2 aliphatic heterocycles. The maximum atomic E-state index is 9.73. The molecule has 3 heteroatoms. The predicted octanol–water partition coefficient (Wildman–Crippen LogP) is 3.45. The van der Waals surface area contributed by atoms with Crippen LogP contribution in [0.4, 0.5) is 0 Å². The molecule has 2 atom stereocenters. The Kier molecular flexibility index (Phi) is 3.90. The number of phenolic OH excluding ortho intramolecular Hbond substituents is 1. The van der Waals surface area contributed by atoms with Crippen LogP contribution in [0.2, 0.25) is 0 Å². The van der Waals surface area contributed by atoms with E-state index in [1.807, 2.05) is 12.1 Å². The van der Waals surface area contributed by atoms with Crippen LogP contribution in [0.25, 0.3) is 5.57 Å². The van der Waals surface area contributed by atoms with Gasteiger partial charge >= 0.3 is 0 Å². The van der Waals surface area contributed by atoms with E-state index in [1.54, 1.807) is 6.07 Å². The van der Waals surface area contributed by atoms with Crippen molar-refractivity contribution in [3.63, 3.8) is 0 Å². The fourth-order valence-corrected chi connectivity index (χ4v) is 3.62. The molecule has 1 fully saturated rings. The quantitative estimate of drug-likeness (QED) is 0.943. The highest BCUT2D eigenvalue weighted by molar-refractivity contribution is 5.68. The first-order valence-electron chi connectivity index (χ1n) is 8.17. The SMILES string of the molecule is Oc1cccc(C2=CC3COCC(C2)N3Cc2ccccc2)c1. The molecule has 3 nitrogen and oxygen atoms in total. The van der Waals surface area contributed by atoms with E-state index in [0.29, 0.717) is 17.8 Å². The zero-order valence-electron chi connectivity index (χ0n) is 13.1. The highest BCUT2D eigenvalue weighted by Crippen LogP contribution is 2.34. The first-order chi connectivity index (χ1) is 11.3. The largest absolute Gasteiger partial charge is 0.508 e. The van der Waals surface area contributed by atoms with Crippen molar-refractivity contribution >= 4 is 5.57 Å². The molecule has 118 valence electrons. The van der Waals surface area contributed by atoms with E-state index in [-0.39, 0.29) is 0 Å². The Morgan fingerprint density at radius 3 is 2.70 bits per heavy atom. The molecule has 23 heavy (non-hydrogen) atoms. The van der Waals surface area contributed by atoms with E-state index in [1.165, 1.54) is 11.1 Å². The molecule has 0 aromatic heterocycles. The Labute approximate surface area is 136 Å². The highest BCUT2D eigenvalue weighted by atomic mass is 16.5. The molecule has 0 aliphatic carbocycles. The fraction of sp³-hybridized carbons (Fsp3) is 0.300. The summed E-state index contributed by atoms with van der Waals surface area (Å²) < 4.78 is 5.78. The van der Waals surface area contributed by atoms with Crippen LogP contribution in [0.5, 0.6) is 5.75 Å². The zero-order chi connectivity index (χ0) is 15.6. The minimum absolute atomic E-state index is 0.306. The number of fused-ring (bicyclic) bond motifs is 2. The molecule has 1 saturated heterocycles. The maximum absolute atomic E-state index is 9.73. The summed E-state index contributed by atoms with van der Waals surface area (Å²) in [5.74, 6) is 0.330. The fourth-order valence-electron chi connectivity index (χ4n) is 3.62. The minimum atomic E-state index is 0.306. The number of phenols is 1. The van der Waals surface area contributed by atoms with Crippen LogP contribution in [0.15, 0.2) is 60.7 Å². The highest BCUT2D eigenvalue weighted by Gasteiger charge is 2.34. The van der Waals surface area contributed by atoms with Crippen LogP contribution in [0.1, 0.15) is 17.5 Å². The normalized spacial score (nSPS) is 24.3. The zero-order valence-corrected chi connectivity index (χ0v) is 13.1. The average molecular weight is 307 g/mol. The van der Waals surface area contributed by atoms with Crippen molar-refractivity contribution < 1.29 is 9.84 Å². The first-order valence-corrected chi connectivity index (χ1v) is 8.17. The van der Waals surface area contributed by atoms with Gasteiger partial charge in [-0.05, 0) is 35.3 Å². The van der Waals surface area contributed by atoms with Gasteiger partial charge in [0.2, 0.25) is 0 Å². The van der Waals surface area contributed by atoms with Gasteiger partial charge in [0, 0.05) is 12.6 Å². The van der Waals surface area contributed by atoms with Gasteiger partial charge in [0.05, 0.1) is 19.3 Å². The van der Waals surface area contributed by atoms with Crippen LogP contribution in [-0.4, -0.2) is 35.3 Å². The van der Waals surface area contributed by atoms with Gasteiger partial charge in [0.15, 0.2) is 0 Å². The lowest BCUT2D eigenvalue weighted by atomic mass is 9.89. The van der Waals surface area contributed by atoms with Crippen molar-refractivity contribution in [2.24, 2.45) is 0 Å². The molecule has 0 spiro atoms. The lowest BCUT2D eigenvalue weighted by Gasteiger charge is -2.44. The van der Waals surface area contributed by atoms with Crippen molar-refractivity contribution in [3.05, 3.63) is 71.8 Å². The van der Waals surface area contributed by atoms with Crippen LogP contribution in [-0.2, 0) is 11.3 Å². The molecule has 2 aromatic rings. The Morgan fingerprint density at radius 1 is 1.04 bits per heavy atom. The van der Waals surface area contributed by atoms with Crippen LogP contribution >= 0.6 is 0 Å². The second-order valence-electron chi connectivity index (χ2n) is 6.36. The van der Waals surface area contributed by atoms with Crippen molar-refractivity contribution in [3.8, 4) is 5.75 Å². The Balaban J connectivity index is 1.60. The number of hydrogen-bond acceptors (Lipinski definition) is 3. The van der Waals surface area contributed by atoms with Crippen molar-refractivity contribution in [1.82, 2.24) is 4.90 Å². The van der Waals surface area contributed by atoms with Gasteiger partial charge in [0.1, 0.15) is 5.75 Å². The second kappa shape index (κ2) is 6.19. The summed E-state index contributed by atoms with van der Waals surface area (Å²) in [6, 6.07) is 18.9. The second-order valence-corrected chi connectivity index (χ2v) is 6.36. The van der Waals surface area contributed by atoms with E-state index in [0.717, 1.165) is 31.7 Å². The molecule has 1 N–H and O–H groups in total. The van der Waals surface area contributed by atoms with Crippen LogP contribution in [0.3, 0.4) is 0 Å². The Morgan fingerprint density at radius 2 is 1.91 bits per heavy atom. The van der Waals surface area contributed by atoms with E-state index in [2.05, 4.69) is 47.4 Å². The van der Waals surface area contributed by atoms with E-state index in [4.69, 9.17) is 4.74 Å². The molecule has 0 saturated carbocycles. The Bertz CT molecular complexity index is 711. The van der Waals surface area contributed by atoms with Gasteiger partial charge in [-0.1, -0.05) is 48.5 Å². The number of benzene rings is 2. The van der Waals surface area contributed by atoms with Gasteiger partial charge in [-0.25, -0.2) is 0 Å². The van der Waals surface area contributed by atoms with Crippen LogP contribution in [0, 0.1) is 0 Å². The molecule has 2 unspecified atom stereocenters. The predicted molar refractivity (Wildman–Crippen MR) is 91.1 cm³/mol. The summed E-state index contributed by atoms with van der Waals surface area (Å²) in [6.07, 6.45) is 3.28. The third kappa shape index (κ3) is 3.03. The number of aromatic hydroxyl groups is 1. The average Bonchev–Trinajstić information content (AvgIpc) is 2.55. The standard InChI is InChI=1S/C20H21NO2/c22-20-8-4-7-16(11-20)17-9-18-13-23-14-19(10-17)21(18)12-15-5-2-1-3-6-15/h1-9,11,18-19,22H,10,12-14H2. The monoisotopic (exact) mass is 307 g/mol. The molecule has 2 heterocycles. The van der Waals surface area contributed by atoms with Crippen LogP contribution < -0.4 is 0 Å². The van der Waals surface area contributed by atoms with Crippen molar-refractivity contribution in [2.45, 2.75) is 25.0 Å². The third-order valence-corrected chi connectivity index (χ3v) is 4.77. The molecule has 0 amide bonds. The number of ether oxygens (including phenoxy) is 1. The summed E-state index contributed by atoms with van der Waals surface area (Å²) in [7, 11) is 0. The smallest absolute Gasteiger partial charge is 0.116 e. The molecule has 0 radical (unpaired) electrons. The topological polar surface area (TPSA) is 32.7 Å². The molecule has 4 rings (SSSR count). The summed E-state index contributed by atoms with van der Waals surface area (Å²) >= 11 is 0. The van der Waals surface area contributed by atoms with Gasteiger partial charge in [0.25, 0.3) is 0 Å². The van der Waals surface area contributed by atoms with E-state index >= 15 is 0 Å². The van der Waals surface area contributed by atoms with E-state index in [9.17, 15) is 5.11 Å². The lowest BCUT2D eigenvalue weighted by molar-refractivity contribution is -0.0402. The van der Waals surface area contributed by atoms with Gasteiger partial charge in [-0.2, -0.15) is 0 Å². The molecule has 2 aliphatic rings. The Hall–Kier alpha value is -2.10. The number of morpholine rings is 1. The van der Waals surface area contributed by atoms with Gasteiger partial charge in [-0.3, -0.25) is 4.90 Å². The number of nitrogens with zero attached hydrogens (tertiary/aromatic N) is 1. The van der Waals surface area contributed by atoms with Crippen molar-refractivity contribution in [2.75, 3.05) is 13.2 Å². The molecular formula is C20H21NO2. The summed E-state index contributed by atoms with van der Waals surface area (Å²) in [4.78, 5) is 2.55. The lowest BCUT2D eigenvalue weighted by Crippen LogP contribution is -2.53. The third-order valence-electron chi connectivity index (χ3n) is 4.77. The number of hydrogen-bond donors (Lipinski definition) is 1. The molecular weight excluding hydrogens is 286 g/mol. The van der Waals surface area contributed by atoms with Crippen molar-refractivity contribution in [1.29, 1.82) is 0 Å². The maximum Gasteiger partial charge on any atom is 0.116 e. The summed E-state index contributed by atoms with van der Waals surface area (Å²) in [5, 5.41) is 9.73. The number of rotatable bonds is 3. The van der Waals surface area contributed by atoms with E-state index < -0.39 is 0 Å². The molecule has 2 aromatic carbocycles. The first kappa shape index (κ1) is 14.5. The summed E-state index contributed by atoms with van der Waals surface area (Å²) in [6.45, 7) is 2.48.